The SMILES string of the molecule is CCn1ncnc1C(=O)C1OCCc2ccccc21. The minimum Gasteiger partial charge on any atom is -0.365 e. The molecule has 1 aromatic heterocycles. The molecule has 1 atom stereocenters. The standard InChI is InChI=1S/C14H15N3O2/c1-2-17-14(15-9-16-17)12(18)13-11-6-4-3-5-10(11)7-8-19-13/h3-6,9,13H,2,7-8H2,1H3. The van der Waals surface area contributed by atoms with Crippen LogP contribution in [0.4, 0.5) is 0 Å². The summed E-state index contributed by atoms with van der Waals surface area (Å²) in [5.41, 5.74) is 2.12. The van der Waals surface area contributed by atoms with Crippen molar-refractivity contribution >= 4 is 5.78 Å². The Kier molecular flexibility index (Phi) is 3.13. The van der Waals surface area contributed by atoms with Gasteiger partial charge in [-0.2, -0.15) is 5.10 Å². The first-order valence-corrected chi connectivity index (χ1v) is 6.42. The molecule has 2 heterocycles. The van der Waals surface area contributed by atoms with Crippen molar-refractivity contribution in [2.75, 3.05) is 6.61 Å². The highest BCUT2D eigenvalue weighted by molar-refractivity contribution is 5.97. The lowest BCUT2D eigenvalue weighted by atomic mass is 9.95. The number of hydrogen-bond acceptors (Lipinski definition) is 4. The first-order valence-electron chi connectivity index (χ1n) is 6.42. The molecule has 19 heavy (non-hydrogen) atoms. The molecule has 3 rings (SSSR count). The molecular formula is C14H15N3O2. The lowest BCUT2D eigenvalue weighted by Gasteiger charge is -2.24. The van der Waals surface area contributed by atoms with Gasteiger partial charge in [-0.3, -0.25) is 4.79 Å². The quantitative estimate of drug-likeness (QED) is 0.787. The molecule has 1 unspecified atom stereocenters. The number of aryl methyl sites for hydroxylation is 1. The molecule has 0 fully saturated rings. The van der Waals surface area contributed by atoms with Crippen molar-refractivity contribution < 1.29 is 9.53 Å². The lowest BCUT2D eigenvalue weighted by molar-refractivity contribution is 0.0335. The van der Waals surface area contributed by atoms with Crippen molar-refractivity contribution in [3.63, 3.8) is 0 Å². The van der Waals surface area contributed by atoms with Gasteiger partial charge in [0.05, 0.1) is 6.61 Å². The monoisotopic (exact) mass is 257 g/mol. The summed E-state index contributed by atoms with van der Waals surface area (Å²) in [6.07, 6.45) is 1.70. The number of hydrogen-bond donors (Lipinski definition) is 0. The maximum atomic E-state index is 12.6. The van der Waals surface area contributed by atoms with E-state index in [4.69, 9.17) is 4.74 Å². The minimum absolute atomic E-state index is 0.119. The zero-order valence-electron chi connectivity index (χ0n) is 10.7. The first-order chi connectivity index (χ1) is 9.31. The van der Waals surface area contributed by atoms with Crippen molar-refractivity contribution in [3.05, 3.63) is 47.5 Å². The number of fused-ring (bicyclic) bond motifs is 1. The number of rotatable bonds is 3. The summed E-state index contributed by atoms with van der Waals surface area (Å²) in [4.78, 5) is 16.6. The van der Waals surface area contributed by atoms with E-state index in [9.17, 15) is 4.79 Å². The Labute approximate surface area is 111 Å². The molecule has 0 bridgehead atoms. The van der Waals surface area contributed by atoms with Crippen molar-refractivity contribution in [1.29, 1.82) is 0 Å². The molecule has 0 N–H and O–H groups in total. The summed E-state index contributed by atoms with van der Waals surface area (Å²) in [5.74, 6) is 0.246. The normalized spacial score (nSPS) is 18.1. The number of aromatic nitrogens is 3. The smallest absolute Gasteiger partial charge is 0.232 e. The second-order valence-electron chi connectivity index (χ2n) is 4.46. The number of benzene rings is 1. The van der Waals surface area contributed by atoms with Gasteiger partial charge in [0.2, 0.25) is 5.78 Å². The predicted octanol–water partition coefficient (Wildman–Crippen LogP) is 1.79. The van der Waals surface area contributed by atoms with E-state index in [0.29, 0.717) is 19.0 Å². The van der Waals surface area contributed by atoms with E-state index < -0.39 is 6.10 Å². The van der Waals surface area contributed by atoms with Crippen LogP contribution in [0.15, 0.2) is 30.6 Å². The van der Waals surface area contributed by atoms with E-state index in [1.54, 1.807) is 4.68 Å². The summed E-state index contributed by atoms with van der Waals surface area (Å²) in [6.45, 7) is 3.12. The molecule has 0 radical (unpaired) electrons. The third-order valence-electron chi connectivity index (χ3n) is 3.37. The van der Waals surface area contributed by atoms with Crippen LogP contribution in [0, 0.1) is 0 Å². The highest BCUT2D eigenvalue weighted by Gasteiger charge is 2.30. The molecule has 0 saturated heterocycles. The Morgan fingerprint density at radius 1 is 1.47 bits per heavy atom. The molecule has 0 saturated carbocycles. The third-order valence-corrected chi connectivity index (χ3v) is 3.37. The van der Waals surface area contributed by atoms with Crippen LogP contribution in [-0.4, -0.2) is 27.2 Å². The second-order valence-corrected chi connectivity index (χ2v) is 4.46. The number of ketones is 1. The molecule has 5 heteroatoms. The van der Waals surface area contributed by atoms with Crippen molar-refractivity contribution in [2.24, 2.45) is 0 Å². The molecule has 5 nitrogen and oxygen atoms in total. The maximum absolute atomic E-state index is 12.6. The van der Waals surface area contributed by atoms with Gasteiger partial charge in [-0.25, -0.2) is 9.67 Å². The summed E-state index contributed by atoms with van der Waals surface area (Å²) >= 11 is 0. The summed E-state index contributed by atoms with van der Waals surface area (Å²) in [7, 11) is 0. The van der Waals surface area contributed by atoms with Gasteiger partial charge in [0.15, 0.2) is 5.82 Å². The molecule has 1 aliphatic rings. The largest absolute Gasteiger partial charge is 0.365 e. The minimum atomic E-state index is -0.556. The van der Waals surface area contributed by atoms with Crippen molar-refractivity contribution in [2.45, 2.75) is 26.0 Å². The molecule has 1 aromatic carbocycles. The van der Waals surface area contributed by atoms with E-state index in [0.717, 1.165) is 12.0 Å². The van der Waals surface area contributed by atoms with Gasteiger partial charge in [-0.1, -0.05) is 24.3 Å². The van der Waals surface area contributed by atoms with Crippen LogP contribution >= 0.6 is 0 Å². The van der Waals surface area contributed by atoms with Gasteiger partial charge in [0.25, 0.3) is 0 Å². The lowest BCUT2D eigenvalue weighted by Crippen LogP contribution is -2.26. The van der Waals surface area contributed by atoms with Crippen LogP contribution in [-0.2, 0) is 17.7 Å². The van der Waals surface area contributed by atoms with Crippen LogP contribution in [0.3, 0.4) is 0 Å². The molecule has 0 amide bonds. The molecular weight excluding hydrogens is 242 g/mol. The van der Waals surface area contributed by atoms with Gasteiger partial charge in [0.1, 0.15) is 12.4 Å². The Morgan fingerprint density at radius 3 is 3.16 bits per heavy atom. The molecule has 98 valence electrons. The predicted molar refractivity (Wildman–Crippen MR) is 68.9 cm³/mol. The van der Waals surface area contributed by atoms with E-state index in [-0.39, 0.29) is 5.78 Å². The fraction of sp³-hybridized carbons (Fsp3) is 0.357. The first kappa shape index (κ1) is 12.0. The Bertz CT molecular complexity index is 606. The molecule has 0 aliphatic carbocycles. The highest BCUT2D eigenvalue weighted by atomic mass is 16.5. The highest BCUT2D eigenvalue weighted by Crippen LogP contribution is 2.29. The number of carbonyl (C=O) groups excluding carboxylic acids is 1. The Hall–Kier alpha value is -2.01. The van der Waals surface area contributed by atoms with Gasteiger partial charge >= 0.3 is 0 Å². The van der Waals surface area contributed by atoms with Crippen LogP contribution < -0.4 is 0 Å². The number of carbonyl (C=O) groups is 1. The van der Waals surface area contributed by atoms with E-state index in [2.05, 4.69) is 10.1 Å². The Morgan fingerprint density at radius 2 is 2.32 bits per heavy atom. The van der Waals surface area contributed by atoms with Crippen LogP contribution in [0.5, 0.6) is 0 Å². The van der Waals surface area contributed by atoms with Gasteiger partial charge in [0, 0.05) is 6.54 Å². The third kappa shape index (κ3) is 2.06. The van der Waals surface area contributed by atoms with Gasteiger partial charge in [-0.05, 0) is 24.5 Å². The molecule has 0 spiro atoms. The molecule has 2 aromatic rings. The number of nitrogens with zero attached hydrogens (tertiary/aromatic N) is 3. The average molecular weight is 257 g/mol. The van der Waals surface area contributed by atoms with Gasteiger partial charge in [-0.15, -0.1) is 0 Å². The van der Waals surface area contributed by atoms with Crippen LogP contribution in [0.25, 0.3) is 0 Å². The second kappa shape index (κ2) is 4.93. The van der Waals surface area contributed by atoms with E-state index in [1.807, 2.05) is 31.2 Å². The average Bonchev–Trinajstić information content (AvgIpc) is 2.94. The zero-order valence-corrected chi connectivity index (χ0v) is 10.7. The number of ether oxygens (including phenoxy) is 1. The topological polar surface area (TPSA) is 57.0 Å². The summed E-state index contributed by atoms with van der Waals surface area (Å²) in [5, 5.41) is 4.04. The Balaban J connectivity index is 1.98. The zero-order chi connectivity index (χ0) is 13.2. The maximum Gasteiger partial charge on any atom is 0.232 e. The fourth-order valence-electron chi connectivity index (χ4n) is 2.41. The summed E-state index contributed by atoms with van der Waals surface area (Å²) < 4.78 is 7.26. The van der Waals surface area contributed by atoms with Crippen LogP contribution in [0.2, 0.25) is 0 Å². The van der Waals surface area contributed by atoms with Crippen molar-refractivity contribution in [1.82, 2.24) is 14.8 Å². The fourth-order valence-corrected chi connectivity index (χ4v) is 2.41. The van der Waals surface area contributed by atoms with E-state index in [1.165, 1.54) is 11.9 Å². The van der Waals surface area contributed by atoms with Gasteiger partial charge < -0.3 is 4.74 Å². The van der Waals surface area contributed by atoms with E-state index >= 15 is 0 Å². The number of Topliss-reactive ketones (excluding diaryl/α,β-unsaturated/α-hetero) is 1. The molecule has 1 aliphatic heterocycles. The van der Waals surface area contributed by atoms with Crippen molar-refractivity contribution in [3.8, 4) is 0 Å². The van der Waals surface area contributed by atoms with Crippen LogP contribution in [0.1, 0.15) is 34.8 Å². The summed E-state index contributed by atoms with van der Waals surface area (Å²) in [6, 6.07) is 7.91.